The molecule has 0 amide bonds. The molecule has 0 bridgehead atoms. The van der Waals surface area contributed by atoms with Crippen molar-refractivity contribution >= 4 is 23.3 Å². The topological polar surface area (TPSA) is 103 Å². The van der Waals surface area contributed by atoms with Crippen LogP contribution in [0.25, 0.3) is 29.0 Å². The van der Waals surface area contributed by atoms with Crippen molar-refractivity contribution in [3.05, 3.63) is 74.4 Å². The van der Waals surface area contributed by atoms with Crippen molar-refractivity contribution in [1.29, 1.82) is 5.26 Å². The number of rotatable bonds is 5. The van der Waals surface area contributed by atoms with Gasteiger partial charge in [0, 0.05) is 26.3 Å². The summed E-state index contributed by atoms with van der Waals surface area (Å²) in [6.45, 7) is 4.37. The van der Waals surface area contributed by atoms with Gasteiger partial charge in [-0.15, -0.1) is 0 Å². The molecule has 0 radical (unpaired) electrons. The van der Waals surface area contributed by atoms with Crippen LogP contribution in [0.3, 0.4) is 0 Å². The second kappa shape index (κ2) is 7.91. The lowest BCUT2D eigenvalue weighted by Gasteiger charge is -2.08. The van der Waals surface area contributed by atoms with Crippen molar-refractivity contribution < 1.29 is 0 Å². The first-order valence-electron chi connectivity index (χ1n) is 9.91. The van der Waals surface area contributed by atoms with Gasteiger partial charge in [-0.2, -0.15) is 10.4 Å². The summed E-state index contributed by atoms with van der Waals surface area (Å²) in [5.41, 5.74) is 2.40. The van der Waals surface area contributed by atoms with Gasteiger partial charge in [0.05, 0.1) is 17.4 Å². The predicted molar refractivity (Wildman–Crippen MR) is 118 cm³/mol. The highest BCUT2D eigenvalue weighted by Crippen LogP contribution is 2.15. The first kappa shape index (κ1) is 20.1. The molecular formula is C22H21N7O2. The number of hydrogen-bond acceptors (Lipinski definition) is 5. The molecule has 31 heavy (non-hydrogen) atoms. The molecule has 0 unspecified atom stereocenters. The van der Waals surface area contributed by atoms with E-state index in [2.05, 4.69) is 16.2 Å². The minimum atomic E-state index is -0.343. The van der Waals surface area contributed by atoms with E-state index in [1.165, 1.54) is 15.3 Å². The van der Waals surface area contributed by atoms with E-state index in [0.717, 1.165) is 11.3 Å². The number of aryl methyl sites for hydroxylation is 2. The fourth-order valence-electron chi connectivity index (χ4n) is 3.52. The monoisotopic (exact) mass is 415 g/mol. The summed E-state index contributed by atoms with van der Waals surface area (Å²) in [7, 11) is 1.77. The minimum absolute atomic E-state index is 0.308. The van der Waals surface area contributed by atoms with Crippen LogP contribution in [0.2, 0.25) is 0 Å². The van der Waals surface area contributed by atoms with Gasteiger partial charge in [0.2, 0.25) is 0 Å². The van der Waals surface area contributed by atoms with Crippen molar-refractivity contribution in [2.45, 2.75) is 26.9 Å². The molecule has 3 aromatic heterocycles. The van der Waals surface area contributed by atoms with Crippen LogP contribution in [0, 0.1) is 11.3 Å². The number of aromatic nitrogens is 6. The lowest BCUT2D eigenvalue weighted by atomic mass is 10.2. The Hall–Kier alpha value is -4.19. The van der Waals surface area contributed by atoms with Gasteiger partial charge in [-0.05, 0) is 37.6 Å². The molecule has 9 nitrogen and oxygen atoms in total. The summed E-state index contributed by atoms with van der Waals surface area (Å²) >= 11 is 0. The second-order valence-electron chi connectivity index (χ2n) is 6.99. The molecule has 0 aliphatic carbocycles. The van der Waals surface area contributed by atoms with Crippen LogP contribution >= 0.6 is 0 Å². The average molecular weight is 415 g/mol. The summed E-state index contributed by atoms with van der Waals surface area (Å²) in [5.74, 6) is 0.581. The normalized spacial score (nSPS) is 11.4. The zero-order chi connectivity index (χ0) is 22.1. The van der Waals surface area contributed by atoms with Gasteiger partial charge in [-0.3, -0.25) is 13.9 Å². The van der Waals surface area contributed by atoms with Crippen LogP contribution in [0.4, 0.5) is 0 Å². The summed E-state index contributed by atoms with van der Waals surface area (Å²) in [6, 6.07) is 9.71. The fraction of sp³-hybridized carbons (Fsp3) is 0.227. The Morgan fingerprint density at radius 1 is 1.06 bits per heavy atom. The second-order valence-corrected chi connectivity index (χ2v) is 6.99. The van der Waals surface area contributed by atoms with E-state index in [1.54, 1.807) is 29.4 Å². The highest BCUT2D eigenvalue weighted by atomic mass is 16.2. The Labute approximate surface area is 177 Å². The number of hydrogen-bond donors (Lipinski definition) is 0. The summed E-state index contributed by atoms with van der Waals surface area (Å²) in [6.07, 6.45) is 6.89. The number of nitriles is 1. The summed E-state index contributed by atoms with van der Waals surface area (Å²) in [4.78, 5) is 29.9. The van der Waals surface area contributed by atoms with Crippen molar-refractivity contribution in [3.8, 4) is 11.8 Å². The molecule has 0 saturated carbocycles. The first-order valence-corrected chi connectivity index (χ1v) is 9.91. The van der Waals surface area contributed by atoms with E-state index in [9.17, 15) is 9.59 Å². The van der Waals surface area contributed by atoms with E-state index in [0.29, 0.717) is 35.6 Å². The number of nitrogens with zero attached hydrogens (tertiary/aromatic N) is 7. The van der Waals surface area contributed by atoms with Crippen molar-refractivity contribution in [3.63, 3.8) is 0 Å². The van der Waals surface area contributed by atoms with Crippen LogP contribution in [-0.4, -0.2) is 28.5 Å². The standard InChI is InChI=1S/C22H21N7O2/c1-4-27-20-19(21(30)28(5-2)22(27)31)26(3)18(25-20)11-8-15-6-9-17(10-7-15)29-14-16(12-23)13-24-29/h6-11,13-14H,4-5H2,1-3H3/b11-8+. The fourth-order valence-corrected chi connectivity index (χ4v) is 3.52. The molecule has 0 aliphatic rings. The number of fused-ring (bicyclic) bond motifs is 1. The molecule has 156 valence electrons. The smallest absolute Gasteiger partial charge is 0.322 e. The maximum absolute atomic E-state index is 12.8. The maximum Gasteiger partial charge on any atom is 0.332 e. The quantitative estimate of drug-likeness (QED) is 0.497. The van der Waals surface area contributed by atoms with Crippen molar-refractivity contribution in [2.24, 2.45) is 7.05 Å². The van der Waals surface area contributed by atoms with E-state index in [4.69, 9.17) is 5.26 Å². The average Bonchev–Trinajstić information content (AvgIpc) is 3.38. The van der Waals surface area contributed by atoms with Crippen molar-refractivity contribution in [2.75, 3.05) is 0 Å². The number of benzene rings is 1. The minimum Gasteiger partial charge on any atom is -0.322 e. The van der Waals surface area contributed by atoms with E-state index in [-0.39, 0.29) is 11.2 Å². The van der Waals surface area contributed by atoms with Gasteiger partial charge in [0.1, 0.15) is 11.9 Å². The molecular weight excluding hydrogens is 394 g/mol. The van der Waals surface area contributed by atoms with Crippen LogP contribution < -0.4 is 11.2 Å². The zero-order valence-electron chi connectivity index (χ0n) is 17.5. The van der Waals surface area contributed by atoms with E-state index < -0.39 is 0 Å². The molecule has 0 aliphatic heterocycles. The van der Waals surface area contributed by atoms with Gasteiger partial charge < -0.3 is 4.57 Å². The van der Waals surface area contributed by atoms with Crippen LogP contribution in [0.15, 0.2) is 46.2 Å². The van der Waals surface area contributed by atoms with Gasteiger partial charge in [0.15, 0.2) is 11.2 Å². The van der Waals surface area contributed by atoms with Gasteiger partial charge >= 0.3 is 5.69 Å². The van der Waals surface area contributed by atoms with Crippen molar-refractivity contribution in [1.82, 2.24) is 28.5 Å². The third-order valence-electron chi connectivity index (χ3n) is 5.20. The van der Waals surface area contributed by atoms with Crippen LogP contribution in [0.1, 0.15) is 30.8 Å². The zero-order valence-corrected chi connectivity index (χ0v) is 17.5. The lowest BCUT2D eigenvalue weighted by Crippen LogP contribution is -2.39. The third kappa shape index (κ3) is 3.38. The predicted octanol–water partition coefficient (Wildman–Crippen LogP) is 2.16. The molecule has 4 rings (SSSR count). The van der Waals surface area contributed by atoms with Gasteiger partial charge in [0.25, 0.3) is 5.56 Å². The molecule has 1 aromatic carbocycles. The van der Waals surface area contributed by atoms with Crippen LogP contribution in [0.5, 0.6) is 0 Å². The Kier molecular flexibility index (Phi) is 5.13. The molecule has 0 saturated heterocycles. The highest BCUT2D eigenvalue weighted by Gasteiger charge is 2.17. The first-order chi connectivity index (χ1) is 15.0. The SMILES string of the molecule is CCn1c(=O)c2c(nc(/C=C/c3ccc(-n4cc(C#N)cn4)cc3)n2C)n(CC)c1=O. The molecule has 3 heterocycles. The van der Waals surface area contributed by atoms with E-state index in [1.807, 2.05) is 43.3 Å². The Bertz CT molecular complexity index is 1460. The molecule has 0 fully saturated rings. The van der Waals surface area contributed by atoms with Crippen LogP contribution in [-0.2, 0) is 20.1 Å². The summed E-state index contributed by atoms with van der Waals surface area (Å²) < 4.78 is 6.10. The highest BCUT2D eigenvalue weighted by molar-refractivity contribution is 5.76. The van der Waals surface area contributed by atoms with Gasteiger partial charge in [-0.25, -0.2) is 14.5 Å². The molecule has 9 heteroatoms. The summed E-state index contributed by atoms with van der Waals surface area (Å²) in [5, 5.41) is 13.1. The molecule has 0 N–H and O–H groups in total. The largest absolute Gasteiger partial charge is 0.332 e. The molecule has 0 atom stereocenters. The lowest BCUT2D eigenvalue weighted by molar-refractivity contribution is 0.604. The Balaban J connectivity index is 1.71. The van der Waals surface area contributed by atoms with Gasteiger partial charge in [-0.1, -0.05) is 18.2 Å². The Morgan fingerprint density at radius 3 is 2.39 bits per heavy atom. The molecule has 0 spiro atoms. The third-order valence-corrected chi connectivity index (χ3v) is 5.20. The number of imidazole rings is 1. The molecule has 4 aromatic rings. The Morgan fingerprint density at radius 2 is 1.77 bits per heavy atom. The maximum atomic E-state index is 12.8. The van der Waals surface area contributed by atoms with E-state index >= 15 is 0 Å².